The third-order valence-corrected chi connectivity index (χ3v) is 3.38. The van der Waals surface area contributed by atoms with Crippen molar-refractivity contribution in [1.29, 1.82) is 0 Å². The van der Waals surface area contributed by atoms with E-state index in [0.29, 0.717) is 0 Å². The van der Waals surface area contributed by atoms with E-state index in [1.165, 1.54) is 5.56 Å². The first-order valence-corrected chi connectivity index (χ1v) is 6.66. The van der Waals surface area contributed by atoms with Crippen molar-refractivity contribution in [2.75, 3.05) is 0 Å². The fourth-order valence-electron chi connectivity index (χ4n) is 2.28. The minimum Gasteiger partial charge on any atom is -0.320 e. The maximum Gasteiger partial charge on any atom is 0.0645 e. The number of hydrogen-bond acceptors (Lipinski definition) is 2. The van der Waals surface area contributed by atoms with Gasteiger partial charge in [-0.25, -0.2) is 4.68 Å². The number of para-hydroxylation sites is 1. The third-order valence-electron chi connectivity index (χ3n) is 3.38. The van der Waals surface area contributed by atoms with Gasteiger partial charge < -0.3 is 5.73 Å². The fraction of sp³-hybridized carbons (Fsp3) is 0.118. The molecule has 0 amide bonds. The molecule has 3 aromatic rings. The molecule has 0 saturated carbocycles. The van der Waals surface area contributed by atoms with Gasteiger partial charge in [-0.1, -0.05) is 48.0 Å². The van der Waals surface area contributed by atoms with Gasteiger partial charge in [-0.05, 0) is 24.6 Å². The summed E-state index contributed by atoms with van der Waals surface area (Å²) in [5.74, 6) is 0. The van der Waals surface area contributed by atoms with Crippen LogP contribution in [0.4, 0.5) is 0 Å². The van der Waals surface area contributed by atoms with Crippen LogP contribution in [0.3, 0.4) is 0 Å². The zero-order valence-electron chi connectivity index (χ0n) is 11.4. The number of aryl methyl sites for hydroxylation is 1. The zero-order valence-corrected chi connectivity index (χ0v) is 11.4. The molecule has 3 rings (SSSR count). The van der Waals surface area contributed by atoms with Crippen LogP contribution >= 0.6 is 0 Å². The summed E-state index contributed by atoms with van der Waals surface area (Å²) in [6, 6.07) is 18.2. The van der Waals surface area contributed by atoms with Gasteiger partial charge >= 0.3 is 0 Å². The SMILES string of the molecule is Cc1cccc(C(N)c2cnn(-c3ccccc3)c2)c1. The van der Waals surface area contributed by atoms with E-state index in [9.17, 15) is 0 Å². The molecule has 2 aromatic carbocycles. The van der Waals surface area contributed by atoms with E-state index >= 15 is 0 Å². The first-order valence-electron chi connectivity index (χ1n) is 6.66. The van der Waals surface area contributed by atoms with Crippen molar-refractivity contribution in [2.45, 2.75) is 13.0 Å². The summed E-state index contributed by atoms with van der Waals surface area (Å²) in [6.07, 6.45) is 3.82. The average Bonchev–Trinajstić information content (AvgIpc) is 2.97. The Bertz CT molecular complexity index is 701. The van der Waals surface area contributed by atoms with Gasteiger partial charge in [-0.2, -0.15) is 5.10 Å². The molecule has 0 aliphatic rings. The predicted molar refractivity (Wildman–Crippen MR) is 80.8 cm³/mol. The van der Waals surface area contributed by atoms with Crippen LogP contribution in [0.25, 0.3) is 5.69 Å². The van der Waals surface area contributed by atoms with Crippen molar-refractivity contribution >= 4 is 0 Å². The highest BCUT2D eigenvalue weighted by atomic mass is 15.3. The van der Waals surface area contributed by atoms with Gasteiger partial charge in [0.1, 0.15) is 0 Å². The van der Waals surface area contributed by atoms with E-state index in [1.54, 1.807) is 0 Å². The maximum absolute atomic E-state index is 6.32. The van der Waals surface area contributed by atoms with Crippen LogP contribution in [0, 0.1) is 6.92 Å². The predicted octanol–water partition coefficient (Wildman–Crippen LogP) is 3.23. The van der Waals surface area contributed by atoms with E-state index in [0.717, 1.165) is 16.8 Å². The number of nitrogens with two attached hydrogens (primary N) is 1. The highest BCUT2D eigenvalue weighted by Crippen LogP contribution is 2.20. The van der Waals surface area contributed by atoms with Crippen LogP contribution in [0.15, 0.2) is 67.0 Å². The topological polar surface area (TPSA) is 43.8 Å². The fourth-order valence-corrected chi connectivity index (χ4v) is 2.28. The van der Waals surface area contributed by atoms with Crippen LogP contribution in [0.5, 0.6) is 0 Å². The van der Waals surface area contributed by atoms with Crippen molar-refractivity contribution in [1.82, 2.24) is 9.78 Å². The van der Waals surface area contributed by atoms with Gasteiger partial charge in [-0.15, -0.1) is 0 Å². The number of rotatable bonds is 3. The highest BCUT2D eigenvalue weighted by molar-refractivity contribution is 5.35. The standard InChI is InChI=1S/C17H17N3/c1-13-6-5-7-14(10-13)17(18)15-11-19-20(12-15)16-8-3-2-4-9-16/h2-12,17H,18H2,1H3. The van der Waals surface area contributed by atoms with Gasteiger partial charge in [0, 0.05) is 11.8 Å². The number of hydrogen-bond donors (Lipinski definition) is 1. The van der Waals surface area contributed by atoms with Crippen LogP contribution in [-0.2, 0) is 0 Å². The van der Waals surface area contributed by atoms with Gasteiger partial charge in [0.15, 0.2) is 0 Å². The van der Waals surface area contributed by atoms with Crippen LogP contribution in [0.1, 0.15) is 22.7 Å². The molecule has 0 radical (unpaired) electrons. The van der Waals surface area contributed by atoms with Crippen molar-refractivity contribution in [3.63, 3.8) is 0 Å². The minimum atomic E-state index is -0.146. The quantitative estimate of drug-likeness (QED) is 0.788. The third kappa shape index (κ3) is 2.49. The number of benzene rings is 2. The molecular weight excluding hydrogens is 246 g/mol. The molecule has 0 spiro atoms. The molecule has 0 bridgehead atoms. The maximum atomic E-state index is 6.32. The molecule has 3 heteroatoms. The average molecular weight is 263 g/mol. The smallest absolute Gasteiger partial charge is 0.0645 e. The second-order valence-electron chi connectivity index (χ2n) is 4.95. The zero-order chi connectivity index (χ0) is 13.9. The Morgan fingerprint density at radius 2 is 1.80 bits per heavy atom. The van der Waals surface area contributed by atoms with Crippen molar-refractivity contribution < 1.29 is 0 Å². The van der Waals surface area contributed by atoms with Gasteiger partial charge in [0.2, 0.25) is 0 Å². The van der Waals surface area contributed by atoms with Gasteiger partial charge in [0.05, 0.1) is 17.9 Å². The lowest BCUT2D eigenvalue weighted by molar-refractivity contribution is 0.860. The molecule has 100 valence electrons. The van der Waals surface area contributed by atoms with Gasteiger partial charge in [-0.3, -0.25) is 0 Å². The van der Waals surface area contributed by atoms with Crippen molar-refractivity contribution in [3.05, 3.63) is 83.7 Å². The molecule has 3 nitrogen and oxygen atoms in total. The molecule has 1 atom stereocenters. The lowest BCUT2D eigenvalue weighted by Crippen LogP contribution is -2.11. The Kier molecular flexibility index (Phi) is 3.35. The summed E-state index contributed by atoms with van der Waals surface area (Å²) in [4.78, 5) is 0. The first kappa shape index (κ1) is 12.6. The number of aromatic nitrogens is 2. The lowest BCUT2D eigenvalue weighted by Gasteiger charge is -2.10. The summed E-state index contributed by atoms with van der Waals surface area (Å²) in [6.45, 7) is 2.07. The summed E-state index contributed by atoms with van der Waals surface area (Å²) in [7, 11) is 0. The molecule has 1 aromatic heterocycles. The number of nitrogens with zero attached hydrogens (tertiary/aromatic N) is 2. The first-order chi connectivity index (χ1) is 9.74. The normalized spacial score (nSPS) is 12.3. The molecule has 20 heavy (non-hydrogen) atoms. The van der Waals surface area contributed by atoms with E-state index < -0.39 is 0 Å². The summed E-state index contributed by atoms with van der Waals surface area (Å²) >= 11 is 0. The molecule has 1 heterocycles. The largest absolute Gasteiger partial charge is 0.320 e. The van der Waals surface area contributed by atoms with Crippen molar-refractivity contribution in [2.24, 2.45) is 5.73 Å². The van der Waals surface area contributed by atoms with Gasteiger partial charge in [0.25, 0.3) is 0 Å². The Morgan fingerprint density at radius 1 is 1.00 bits per heavy atom. The Hall–Kier alpha value is -2.39. The van der Waals surface area contributed by atoms with E-state index in [-0.39, 0.29) is 6.04 Å². The lowest BCUT2D eigenvalue weighted by atomic mass is 10.0. The Labute approximate surface area is 118 Å². The molecule has 2 N–H and O–H groups in total. The molecule has 0 saturated heterocycles. The summed E-state index contributed by atoms with van der Waals surface area (Å²) in [5, 5.41) is 4.39. The molecule has 0 fully saturated rings. The monoisotopic (exact) mass is 263 g/mol. The summed E-state index contributed by atoms with van der Waals surface area (Å²) < 4.78 is 1.85. The summed E-state index contributed by atoms with van der Waals surface area (Å²) in [5.41, 5.74) is 10.7. The second-order valence-corrected chi connectivity index (χ2v) is 4.95. The van der Waals surface area contributed by atoms with Crippen LogP contribution in [0.2, 0.25) is 0 Å². The Morgan fingerprint density at radius 3 is 2.55 bits per heavy atom. The molecule has 1 unspecified atom stereocenters. The van der Waals surface area contributed by atoms with E-state index in [4.69, 9.17) is 5.73 Å². The Balaban J connectivity index is 1.90. The van der Waals surface area contributed by atoms with Crippen molar-refractivity contribution in [3.8, 4) is 5.69 Å². The van der Waals surface area contributed by atoms with Crippen LogP contribution in [-0.4, -0.2) is 9.78 Å². The minimum absolute atomic E-state index is 0.146. The second kappa shape index (κ2) is 5.31. The molecular formula is C17H17N3. The van der Waals surface area contributed by atoms with E-state index in [2.05, 4.69) is 30.2 Å². The van der Waals surface area contributed by atoms with E-state index in [1.807, 2.05) is 53.5 Å². The highest BCUT2D eigenvalue weighted by Gasteiger charge is 2.11. The molecule has 0 aliphatic carbocycles. The molecule has 0 aliphatic heterocycles. The van der Waals surface area contributed by atoms with Crippen LogP contribution < -0.4 is 5.73 Å².